The van der Waals surface area contributed by atoms with Gasteiger partial charge in [0.25, 0.3) is 0 Å². The van der Waals surface area contributed by atoms with E-state index in [0.29, 0.717) is 18.1 Å². The van der Waals surface area contributed by atoms with Gasteiger partial charge in [-0.15, -0.1) is 10.2 Å². The predicted octanol–water partition coefficient (Wildman–Crippen LogP) is 0.935. The highest BCUT2D eigenvalue weighted by Crippen LogP contribution is 2.10. The van der Waals surface area contributed by atoms with Crippen LogP contribution in [0.15, 0.2) is 54.6 Å². The number of phenols is 1. The van der Waals surface area contributed by atoms with E-state index >= 15 is 0 Å². The number of aromatic amines is 1. The molecular weight excluding hydrogens is 282 g/mol. The summed E-state index contributed by atoms with van der Waals surface area (Å²) in [6.45, 7) is 0.658. The monoisotopic (exact) mass is 301 g/mol. The molecule has 0 aliphatic carbocycles. The Morgan fingerprint density at radius 3 is 2.23 bits per heavy atom. The van der Waals surface area contributed by atoms with Gasteiger partial charge < -0.3 is 16.3 Å². The second-order valence-electron chi connectivity index (χ2n) is 4.31. The SMILES string of the molecule is NCCc1ccc(O)cc1.O.c1ccc(-c2nn[nH]n2)cc1. The molecule has 0 aliphatic rings. The number of rotatable bonds is 3. The van der Waals surface area contributed by atoms with E-state index in [0.717, 1.165) is 12.0 Å². The second kappa shape index (κ2) is 9.22. The minimum Gasteiger partial charge on any atom is -0.508 e. The van der Waals surface area contributed by atoms with E-state index in [9.17, 15) is 0 Å². The first-order valence-corrected chi connectivity index (χ1v) is 6.56. The predicted molar refractivity (Wildman–Crippen MR) is 84.1 cm³/mol. The van der Waals surface area contributed by atoms with Crippen molar-refractivity contribution in [3.8, 4) is 17.1 Å². The Labute approximate surface area is 128 Å². The van der Waals surface area contributed by atoms with Crippen molar-refractivity contribution >= 4 is 0 Å². The molecule has 0 saturated carbocycles. The third-order valence-electron chi connectivity index (χ3n) is 2.75. The molecule has 22 heavy (non-hydrogen) atoms. The number of aromatic nitrogens is 4. The van der Waals surface area contributed by atoms with Crippen LogP contribution in [0.4, 0.5) is 0 Å². The van der Waals surface area contributed by atoms with Crippen LogP contribution >= 0.6 is 0 Å². The lowest BCUT2D eigenvalue weighted by Crippen LogP contribution is -2.01. The lowest BCUT2D eigenvalue weighted by atomic mass is 10.1. The number of nitrogens with zero attached hydrogens (tertiary/aromatic N) is 3. The summed E-state index contributed by atoms with van der Waals surface area (Å²) in [7, 11) is 0. The summed E-state index contributed by atoms with van der Waals surface area (Å²) >= 11 is 0. The van der Waals surface area contributed by atoms with Gasteiger partial charge in [-0.3, -0.25) is 0 Å². The molecule has 3 aromatic rings. The smallest absolute Gasteiger partial charge is 0.204 e. The molecule has 116 valence electrons. The summed E-state index contributed by atoms with van der Waals surface area (Å²) in [6, 6.07) is 16.8. The van der Waals surface area contributed by atoms with Gasteiger partial charge in [-0.05, 0) is 35.9 Å². The fourth-order valence-electron chi connectivity index (χ4n) is 1.70. The van der Waals surface area contributed by atoms with Crippen LogP contribution in [-0.4, -0.2) is 37.8 Å². The zero-order chi connectivity index (χ0) is 14.9. The Kier molecular flexibility index (Phi) is 7.24. The lowest BCUT2D eigenvalue weighted by Gasteiger charge is -1.96. The van der Waals surface area contributed by atoms with E-state index in [1.54, 1.807) is 12.1 Å². The maximum atomic E-state index is 8.89. The van der Waals surface area contributed by atoms with Crippen molar-refractivity contribution in [2.45, 2.75) is 6.42 Å². The minimum atomic E-state index is 0. The number of nitrogens with two attached hydrogens (primary N) is 1. The van der Waals surface area contributed by atoms with E-state index < -0.39 is 0 Å². The molecule has 2 aromatic carbocycles. The highest BCUT2D eigenvalue weighted by atomic mass is 16.3. The summed E-state index contributed by atoms with van der Waals surface area (Å²) in [5, 5.41) is 22.4. The van der Waals surface area contributed by atoms with Crippen molar-refractivity contribution in [2.24, 2.45) is 5.73 Å². The van der Waals surface area contributed by atoms with E-state index in [-0.39, 0.29) is 5.48 Å². The van der Waals surface area contributed by atoms with Gasteiger partial charge in [0.15, 0.2) is 0 Å². The standard InChI is InChI=1S/C8H11NO.C7H6N4.H2O/c9-6-5-7-1-3-8(10)4-2-7;1-2-4-6(5-3-1)7-8-10-11-9-7;/h1-4,10H,5-6,9H2;1-5H,(H,8,9,10,11);1H2. The maximum Gasteiger partial charge on any atom is 0.204 e. The number of nitrogens with one attached hydrogen (secondary N) is 1. The molecule has 6 N–H and O–H groups in total. The van der Waals surface area contributed by atoms with E-state index in [4.69, 9.17) is 10.8 Å². The average Bonchev–Trinajstić information content (AvgIpc) is 3.06. The molecule has 0 unspecified atom stereocenters. The fraction of sp³-hybridized carbons (Fsp3) is 0.133. The number of H-pyrrole nitrogens is 1. The zero-order valence-electron chi connectivity index (χ0n) is 12.0. The quantitative estimate of drug-likeness (QED) is 0.662. The van der Waals surface area contributed by atoms with Crippen molar-refractivity contribution in [3.63, 3.8) is 0 Å². The van der Waals surface area contributed by atoms with Gasteiger partial charge in [-0.1, -0.05) is 42.5 Å². The molecule has 3 rings (SSSR count). The first-order chi connectivity index (χ1) is 10.3. The van der Waals surface area contributed by atoms with E-state index in [1.807, 2.05) is 42.5 Å². The first-order valence-electron chi connectivity index (χ1n) is 6.56. The molecule has 0 amide bonds. The Bertz CT molecular complexity index is 627. The Morgan fingerprint density at radius 2 is 1.68 bits per heavy atom. The molecular formula is C15H19N5O2. The topological polar surface area (TPSA) is 132 Å². The first kappa shape index (κ1) is 17.3. The van der Waals surface area contributed by atoms with Crippen molar-refractivity contribution in [2.75, 3.05) is 6.54 Å². The number of hydrogen-bond acceptors (Lipinski definition) is 5. The maximum absolute atomic E-state index is 8.89. The molecule has 0 fully saturated rings. The molecule has 0 spiro atoms. The summed E-state index contributed by atoms with van der Waals surface area (Å²) in [6.07, 6.45) is 0.875. The van der Waals surface area contributed by atoms with Crippen LogP contribution in [0.1, 0.15) is 5.56 Å². The van der Waals surface area contributed by atoms with Crippen molar-refractivity contribution in [1.29, 1.82) is 0 Å². The van der Waals surface area contributed by atoms with Crippen LogP contribution in [0.2, 0.25) is 0 Å². The Balaban J connectivity index is 0.000000212. The molecule has 0 radical (unpaired) electrons. The third-order valence-corrected chi connectivity index (χ3v) is 2.75. The van der Waals surface area contributed by atoms with Gasteiger partial charge in [-0.2, -0.15) is 5.21 Å². The normalized spacial score (nSPS) is 9.32. The van der Waals surface area contributed by atoms with Gasteiger partial charge in [-0.25, -0.2) is 0 Å². The van der Waals surface area contributed by atoms with Crippen molar-refractivity contribution in [1.82, 2.24) is 20.6 Å². The largest absolute Gasteiger partial charge is 0.508 e. The molecule has 1 aromatic heterocycles. The zero-order valence-corrected chi connectivity index (χ0v) is 12.0. The molecule has 0 saturated heterocycles. The van der Waals surface area contributed by atoms with Gasteiger partial charge in [0.05, 0.1) is 0 Å². The molecule has 0 aliphatic heterocycles. The third kappa shape index (κ3) is 5.31. The van der Waals surface area contributed by atoms with Gasteiger partial charge in [0.1, 0.15) is 5.75 Å². The summed E-state index contributed by atoms with van der Waals surface area (Å²) < 4.78 is 0. The summed E-state index contributed by atoms with van der Waals surface area (Å²) in [5.41, 5.74) is 7.48. The van der Waals surface area contributed by atoms with Crippen molar-refractivity contribution < 1.29 is 10.6 Å². The number of benzene rings is 2. The fourth-order valence-corrected chi connectivity index (χ4v) is 1.70. The Hall–Kier alpha value is -2.77. The number of hydrogen-bond donors (Lipinski definition) is 3. The van der Waals surface area contributed by atoms with Crippen LogP contribution in [0.5, 0.6) is 5.75 Å². The van der Waals surface area contributed by atoms with Crippen molar-refractivity contribution in [3.05, 3.63) is 60.2 Å². The average molecular weight is 301 g/mol. The van der Waals surface area contributed by atoms with Crippen LogP contribution in [0.3, 0.4) is 0 Å². The summed E-state index contributed by atoms with van der Waals surface area (Å²) in [5.74, 6) is 0.936. The van der Waals surface area contributed by atoms with Gasteiger partial charge >= 0.3 is 0 Å². The number of aromatic hydroxyl groups is 1. The molecule has 1 heterocycles. The summed E-state index contributed by atoms with van der Waals surface area (Å²) in [4.78, 5) is 0. The minimum absolute atomic E-state index is 0. The number of phenolic OH excluding ortho intramolecular Hbond substituents is 1. The van der Waals surface area contributed by atoms with Gasteiger partial charge in [0, 0.05) is 5.56 Å². The van der Waals surface area contributed by atoms with E-state index in [1.165, 1.54) is 5.56 Å². The molecule has 0 atom stereocenters. The molecule has 7 nitrogen and oxygen atoms in total. The number of tetrazole rings is 1. The lowest BCUT2D eigenvalue weighted by molar-refractivity contribution is 0.475. The molecule has 0 bridgehead atoms. The van der Waals surface area contributed by atoms with Gasteiger partial charge in [0.2, 0.25) is 5.82 Å². The van der Waals surface area contributed by atoms with Crippen LogP contribution in [0, 0.1) is 0 Å². The van der Waals surface area contributed by atoms with Crippen LogP contribution < -0.4 is 5.73 Å². The van der Waals surface area contributed by atoms with E-state index in [2.05, 4.69) is 20.6 Å². The second-order valence-corrected chi connectivity index (χ2v) is 4.31. The Morgan fingerprint density at radius 1 is 1.00 bits per heavy atom. The molecule has 7 heteroatoms. The highest BCUT2D eigenvalue weighted by molar-refractivity contribution is 5.52. The highest BCUT2D eigenvalue weighted by Gasteiger charge is 1.98. The van der Waals surface area contributed by atoms with Crippen LogP contribution in [-0.2, 0) is 6.42 Å². The van der Waals surface area contributed by atoms with Crippen LogP contribution in [0.25, 0.3) is 11.4 Å².